The normalized spacial score (nSPS) is 14.6. The number of rotatable bonds is 1. The molecule has 4 nitrogen and oxygen atoms in total. The summed E-state index contributed by atoms with van der Waals surface area (Å²) in [5.41, 5.74) is 2.22. The maximum absolute atomic E-state index is 14.0. The van der Waals surface area contributed by atoms with E-state index in [1.165, 1.54) is 11.0 Å². The number of nitrogens with zero attached hydrogens (tertiary/aromatic N) is 3. The topological polar surface area (TPSA) is 45.6 Å². The van der Waals surface area contributed by atoms with Crippen molar-refractivity contribution in [3.63, 3.8) is 0 Å². The summed E-state index contributed by atoms with van der Waals surface area (Å²) in [6.45, 7) is -0.00511. The van der Waals surface area contributed by atoms with Crippen LogP contribution in [0.15, 0.2) is 47.7 Å². The lowest BCUT2D eigenvalue weighted by Gasteiger charge is -2.17. The Labute approximate surface area is 115 Å². The first-order valence-electron chi connectivity index (χ1n) is 6.19. The summed E-state index contributed by atoms with van der Waals surface area (Å²) in [6, 6.07) is 8.16. The van der Waals surface area contributed by atoms with Crippen LogP contribution in [0.4, 0.5) is 10.1 Å². The molecule has 0 radical (unpaired) electrons. The van der Waals surface area contributed by atoms with Gasteiger partial charge in [0, 0.05) is 24.4 Å². The lowest BCUT2D eigenvalue weighted by molar-refractivity contribution is -0.116. The van der Waals surface area contributed by atoms with Gasteiger partial charge in [-0.2, -0.15) is 0 Å². The van der Waals surface area contributed by atoms with E-state index >= 15 is 0 Å². The van der Waals surface area contributed by atoms with E-state index in [9.17, 15) is 9.18 Å². The van der Waals surface area contributed by atoms with Gasteiger partial charge in [-0.1, -0.05) is 12.1 Å². The van der Waals surface area contributed by atoms with Crippen molar-refractivity contribution in [2.75, 3.05) is 18.5 Å². The Bertz CT molecular complexity index is 712. The minimum Gasteiger partial charge on any atom is -0.312 e. The molecular formula is C15H12FN3O. The number of anilines is 1. The zero-order valence-electron chi connectivity index (χ0n) is 10.9. The van der Waals surface area contributed by atoms with Crippen LogP contribution in [0.1, 0.15) is 11.1 Å². The van der Waals surface area contributed by atoms with Gasteiger partial charge in [-0.3, -0.25) is 14.8 Å². The maximum atomic E-state index is 14.0. The highest BCUT2D eigenvalue weighted by molar-refractivity contribution is 6.19. The number of likely N-dealkylation sites (N-methyl/N-ethyl adjacent to an activating group) is 1. The third-order valence-corrected chi connectivity index (χ3v) is 3.29. The van der Waals surface area contributed by atoms with Crippen molar-refractivity contribution >= 4 is 17.3 Å². The average molecular weight is 269 g/mol. The Kier molecular flexibility index (Phi) is 3.02. The molecule has 2 aromatic rings. The molecule has 0 saturated carbocycles. The van der Waals surface area contributed by atoms with E-state index in [4.69, 9.17) is 0 Å². The number of amides is 1. The third-order valence-electron chi connectivity index (χ3n) is 3.29. The summed E-state index contributed by atoms with van der Waals surface area (Å²) in [5, 5.41) is 0. The Balaban J connectivity index is 2.23. The maximum Gasteiger partial charge on any atom is 0.248 e. The lowest BCUT2D eigenvalue weighted by Crippen LogP contribution is -2.27. The van der Waals surface area contributed by atoms with Gasteiger partial charge in [0.2, 0.25) is 5.91 Å². The van der Waals surface area contributed by atoms with E-state index in [0.29, 0.717) is 22.5 Å². The number of aromatic nitrogens is 1. The second kappa shape index (κ2) is 4.85. The second-order valence-corrected chi connectivity index (χ2v) is 4.49. The monoisotopic (exact) mass is 269 g/mol. The number of fused-ring (bicyclic) bond motifs is 1. The number of hydrogen-bond donors (Lipinski definition) is 0. The molecule has 1 aliphatic heterocycles. The molecule has 1 aliphatic rings. The molecule has 5 heteroatoms. The molecule has 100 valence electrons. The molecule has 1 amide bonds. The summed E-state index contributed by atoms with van der Waals surface area (Å²) >= 11 is 0. The van der Waals surface area contributed by atoms with E-state index < -0.39 is 0 Å². The number of carbonyl (C=O) groups excluding carboxylic acids is 1. The van der Waals surface area contributed by atoms with Crippen LogP contribution in [0.5, 0.6) is 0 Å². The molecular weight excluding hydrogens is 257 g/mol. The van der Waals surface area contributed by atoms with Crippen LogP contribution in [-0.4, -0.2) is 30.2 Å². The zero-order valence-corrected chi connectivity index (χ0v) is 10.9. The number of hydrogen-bond acceptors (Lipinski definition) is 3. The van der Waals surface area contributed by atoms with Crippen molar-refractivity contribution in [3.05, 3.63) is 59.7 Å². The van der Waals surface area contributed by atoms with Crippen LogP contribution >= 0.6 is 0 Å². The minimum atomic E-state index is -0.356. The number of benzene rings is 1. The van der Waals surface area contributed by atoms with Crippen molar-refractivity contribution in [3.8, 4) is 0 Å². The van der Waals surface area contributed by atoms with Crippen LogP contribution in [0.25, 0.3) is 0 Å². The van der Waals surface area contributed by atoms with Crippen LogP contribution in [0, 0.1) is 5.82 Å². The van der Waals surface area contributed by atoms with E-state index in [1.54, 1.807) is 43.7 Å². The van der Waals surface area contributed by atoms with Gasteiger partial charge in [0.1, 0.15) is 12.4 Å². The summed E-state index contributed by atoms with van der Waals surface area (Å²) < 4.78 is 14.0. The number of carbonyl (C=O) groups is 1. The van der Waals surface area contributed by atoms with Crippen LogP contribution in [-0.2, 0) is 4.79 Å². The Morgan fingerprint density at radius 3 is 2.80 bits per heavy atom. The predicted molar refractivity (Wildman–Crippen MR) is 74.6 cm³/mol. The van der Waals surface area contributed by atoms with Crippen molar-refractivity contribution in [2.45, 2.75) is 0 Å². The third kappa shape index (κ3) is 1.97. The van der Waals surface area contributed by atoms with Crippen LogP contribution in [0.3, 0.4) is 0 Å². The molecule has 0 bridgehead atoms. The molecule has 2 heterocycles. The van der Waals surface area contributed by atoms with Crippen LogP contribution in [0.2, 0.25) is 0 Å². The van der Waals surface area contributed by atoms with Crippen molar-refractivity contribution in [2.24, 2.45) is 4.99 Å². The smallest absolute Gasteiger partial charge is 0.248 e. The molecule has 1 aromatic heterocycles. The van der Waals surface area contributed by atoms with E-state index in [2.05, 4.69) is 9.98 Å². The molecule has 3 rings (SSSR count). The Hall–Kier alpha value is -2.56. The molecule has 0 saturated heterocycles. The Morgan fingerprint density at radius 2 is 2.00 bits per heavy atom. The van der Waals surface area contributed by atoms with Gasteiger partial charge in [-0.15, -0.1) is 0 Å². The lowest BCUT2D eigenvalue weighted by atomic mass is 10.0. The highest BCUT2D eigenvalue weighted by Gasteiger charge is 2.23. The van der Waals surface area contributed by atoms with Crippen LogP contribution < -0.4 is 4.90 Å². The second-order valence-electron chi connectivity index (χ2n) is 4.49. The number of aliphatic imine (C=N–C) groups is 1. The van der Waals surface area contributed by atoms with Gasteiger partial charge >= 0.3 is 0 Å². The van der Waals surface area contributed by atoms with Gasteiger partial charge in [-0.25, -0.2) is 4.39 Å². The van der Waals surface area contributed by atoms with E-state index in [-0.39, 0.29) is 18.3 Å². The van der Waals surface area contributed by atoms with Gasteiger partial charge in [-0.05, 0) is 18.2 Å². The quantitative estimate of drug-likeness (QED) is 0.795. The SMILES string of the molecule is CN1C(=O)CN=C(c2ccccc2F)c2ccncc21. The fraction of sp³-hybridized carbons (Fsp3) is 0.133. The van der Waals surface area contributed by atoms with E-state index in [1.807, 2.05) is 0 Å². The highest BCUT2D eigenvalue weighted by atomic mass is 19.1. The summed E-state index contributed by atoms with van der Waals surface area (Å²) in [5.74, 6) is -0.503. The molecule has 0 spiro atoms. The molecule has 20 heavy (non-hydrogen) atoms. The molecule has 0 unspecified atom stereocenters. The number of halogens is 1. The summed E-state index contributed by atoms with van der Waals surface area (Å²) in [6.07, 6.45) is 3.20. The first-order valence-corrected chi connectivity index (χ1v) is 6.19. The molecule has 1 aromatic carbocycles. The van der Waals surface area contributed by atoms with Gasteiger partial charge in [0.25, 0.3) is 0 Å². The van der Waals surface area contributed by atoms with Crippen molar-refractivity contribution < 1.29 is 9.18 Å². The molecule has 0 N–H and O–H groups in total. The molecule has 0 atom stereocenters. The van der Waals surface area contributed by atoms with E-state index in [0.717, 1.165) is 0 Å². The fourth-order valence-corrected chi connectivity index (χ4v) is 2.21. The largest absolute Gasteiger partial charge is 0.312 e. The van der Waals surface area contributed by atoms with Crippen molar-refractivity contribution in [1.82, 2.24) is 4.98 Å². The molecule has 0 fully saturated rings. The standard InChI is InChI=1S/C15H12FN3O/c1-19-13-8-17-7-6-11(13)15(18-9-14(19)20)10-4-2-3-5-12(10)16/h2-8H,9H2,1H3. The highest BCUT2D eigenvalue weighted by Crippen LogP contribution is 2.25. The first-order chi connectivity index (χ1) is 9.68. The summed E-state index contributed by atoms with van der Waals surface area (Å²) in [7, 11) is 1.67. The summed E-state index contributed by atoms with van der Waals surface area (Å²) in [4.78, 5) is 21.8. The minimum absolute atomic E-state index is 0.00511. The molecule has 0 aliphatic carbocycles. The van der Waals surface area contributed by atoms with Gasteiger partial charge < -0.3 is 4.90 Å². The number of pyridine rings is 1. The first kappa shape index (κ1) is 12.5. The van der Waals surface area contributed by atoms with Gasteiger partial charge in [0.05, 0.1) is 17.6 Å². The Morgan fingerprint density at radius 1 is 1.20 bits per heavy atom. The van der Waals surface area contributed by atoms with Crippen molar-refractivity contribution in [1.29, 1.82) is 0 Å². The predicted octanol–water partition coefficient (Wildman–Crippen LogP) is 2.03. The van der Waals surface area contributed by atoms with Gasteiger partial charge in [0.15, 0.2) is 0 Å². The average Bonchev–Trinajstić information content (AvgIpc) is 2.59. The zero-order chi connectivity index (χ0) is 14.1. The fourth-order valence-electron chi connectivity index (χ4n) is 2.21.